The standard InChI is InChI=1S/C56H109NO8/c1-3-5-7-9-11-13-15-17-19-21-23-24-25-26-28-29-31-33-35-37-39-41-43-45-50(59)49(48-64-56-55(63)54(62)53(61)51(47-58)65-56)57-52(60)46-44-42-40-38-36-34-32-30-27-22-20-18-16-14-12-10-8-6-4-2/h18,20,49-51,53-56,58-59,61-63H,3-17,19,21-48H2,1-2H3,(H,57,60)/b20-18-. The zero-order chi connectivity index (χ0) is 47.3. The van der Waals surface area contributed by atoms with E-state index in [1.165, 1.54) is 218 Å². The number of hydrogen-bond acceptors (Lipinski definition) is 8. The maximum atomic E-state index is 13.1. The first-order valence-corrected chi connectivity index (χ1v) is 28.4. The highest BCUT2D eigenvalue weighted by atomic mass is 16.7. The molecule has 0 bridgehead atoms. The largest absolute Gasteiger partial charge is 0.394 e. The molecule has 0 aliphatic carbocycles. The van der Waals surface area contributed by atoms with Gasteiger partial charge in [0.2, 0.25) is 5.91 Å². The van der Waals surface area contributed by atoms with Gasteiger partial charge in [-0.15, -0.1) is 0 Å². The molecule has 1 amide bonds. The Labute approximate surface area is 401 Å². The maximum absolute atomic E-state index is 13.1. The van der Waals surface area contributed by atoms with Crippen molar-refractivity contribution in [3.05, 3.63) is 12.2 Å². The average molecular weight is 924 g/mol. The smallest absolute Gasteiger partial charge is 0.220 e. The van der Waals surface area contributed by atoms with Crippen LogP contribution in [0, 0.1) is 0 Å². The molecule has 9 heteroatoms. The summed E-state index contributed by atoms with van der Waals surface area (Å²) in [5.74, 6) is -0.142. The first kappa shape index (κ1) is 61.9. The zero-order valence-corrected chi connectivity index (χ0v) is 42.8. The Morgan fingerprint density at radius 1 is 0.508 bits per heavy atom. The highest BCUT2D eigenvalue weighted by Crippen LogP contribution is 2.23. The molecular formula is C56H109NO8. The van der Waals surface area contributed by atoms with Crippen molar-refractivity contribution in [2.45, 2.75) is 326 Å². The number of ether oxygens (including phenoxy) is 2. The summed E-state index contributed by atoms with van der Waals surface area (Å²) in [5, 5.41) is 54.7. The van der Waals surface area contributed by atoms with Crippen LogP contribution < -0.4 is 5.32 Å². The lowest BCUT2D eigenvalue weighted by Crippen LogP contribution is -2.60. The molecule has 0 aromatic rings. The van der Waals surface area contributed by atoms with E-state index in [1.54, 1.807) is 0 Å². The van der Waals surface area contributed by atoms with Crippen molar-refractivity contribution in [3.8, 4) is 0 Å². The molecule has 1 saturated heterocycles. The molecule has 0 saturated carbocycles. The maximum Gasteiger partial charge on any atom is 0.220 e. The second-order valence-electron chi connectivity index (χ2n) is 20.1. The predicted octanol–water partition coefficient (Wildman–Crippen LogP) is 13.6. The molecule has 6 N–H and O–H groups in total. The van der Waals surface area contributed by atoms with Crippen molar-refractivity contribution in [1.29, 1.82) is 0 Å². The molecule has 7 atom stereocenters. The molecule has 1 aliphatic rings. The van der Waals surface area contributed by atoms with Crippen LogP contribution in [0.15, 0.2) is 12.2 Å². The van der Waals surface area contributed by atoms with Gasteiger partial charge in [-0.3, -0.25) is 4.79 Å². The van der Waals surface area contributed by atoms with Crippen LogP contribution in [-0.4, -0.2) is 87.5 Å². The van der Waals surface area contributed by atoms with E-state index in [9.17, 15) is 30.3 Å². The van der Waals surface area contributed by atoms with E-state index >= 15 is 0 Å². The number of rotatable bonds is 49. The second kappa shape index (κ2) is 46.6. The Balaban J connectivity index is 2.21. The van der Waals surface area contributed by atoms with E-state index in [-0.39, 0.29) is 12.5 Å². The Kier molecular flexibility index (Phi) is 44.5. The van der Waals surface area contributed by atoms with Crippen LogP contribution in [0.1, 0.15) is 284 Å². The van der Waals surface area contributed by atoms with Crippen molar-refractivity contribution in [3.63, 3.8) is 0 Å². The number of hydrogen-bond donors (Lipinski definition) is 6. The summed E-state index contributed by atoms with van der Waals surface area (Å²) in [5.41, 5.74) is 0. The summed E-state index contributed by atoms with van der Waals surface area (Å²) in [4.78, 5) is 13.1. The lowest BCUT2D eigenvalue weighted by Gasteiger charge is -2.40. The van der Waals surface area contributed by atoms with Crippen molar-refractivity contribution in [2.75, 3.05) is 13.2 Å². The Hall–Kier alpha value is -1.07. The molecule has 9 nitrogen and oxygen atoms in total. The fourth-order valence-electron chi connectivity index (χ4n) is 9.34. The molecule has 65 heavy (non-hydrogen) atoms. The monoisotopic (exact) mass is 924 g/mol. The van der Waals surface area contributed by atoms with E-state index in [4.69, 9.17) is 9.47 Å². The lowest BCUT2D eigenvalue weighted by atomic mass is 9.99. The van der Waals surface area contributed by atoms with Crippen LogP contribution in [0.2, 0.25) is 0 Å². The van der Waals surface area contributed by atoms with Gasteiger partial charge in [-0.25, -0.2) is 0 Å². The molecule has 1 aliphatic heterocycles. The Morgan fingerprint density at radius 2 is 0.862 bits per heavy atom. The molecule has 386 valence electrons. The van der Waals surface area contributed by atoms with Crippen molar-refractivity contribution in [1.82, 2.24) is 5.32 Å². The van der Waals surface area contributed by atoms with Crippen LogP contribution >= 0.6 is 0 Å². The number of unbranched alkanes of at least 4 members (excludes halogenated alkanes) is 37. The topological polar surface area (TPSA) is 149 Å². The van der Waals surface area contributed by atoms with Crippen LogP contribution in [0.3, 0.4) is 0 Å². The van der Waals surface area contributed by atoms with Gasteiger partial charge in [-0.05, 0) is 38.5 Å². The third kappa shape index (κ3) is 36.6. The number of aliphatic hydroxyl groups excluding tert-OH is 5. The van der Waals surface area contributed by atoms with E-state index in [1.807, 2.05) is 0 Å². The first-order chi connectivity index (χ1) is 31.8. The number of nitrogens with one attached hydrogen (secondary N) is 1. The molecule has 0 spiro atoms. The summed E-state index contributed by atoms with van der Waals surface area (Å²) < 4.78 is 11.3. The van der Waals surface area contributed by atoms with Gasteiger partial charge in [0, 0.05) is 6.42 Å². The molecule has 1 fully saturated rings. The van der Waals surface area contributed by atoms with Crippen LogP contribution in [-0.2, 0) is 14.3 Å². The second-order valence-corrected chi connectivity index (χ2v) is 20.1. The van der Waals surface area contributed by atoms with E-state index < -0.39 is 49.5 Å². The van der Waals surface area contributed by atoms with E-state index in [0.29, 0.717) is 12.8 Å². The summed E-state index contributed by atoms with van der Waals surface area (Å²) >= 11 is 0. The first-order valence-electron chi connectivity index (χ1n) is 28.4. The van der Waals surface area contributed by atoms with Crippen molar-refractivity contribution < 1.29 is 39.8 Å². The lowest BCUT2D eigenvalue weighted by molar-refractivity contribution is -0.302. The summed E-state index contributed by atoms with van der Waals surface area (Å²) in [7, 11) is 0. The fourth-order valence-corrected chi connectivity index (χ4v) is 9.34. The van der Waals surface area contributed by atoms with E-state index in [0.717, 1.165) is 38.5 Å². The summed E-state index contributed by atoms with van der Waals surface area (Å²) in [6.07, 6.45) is 49.5. The number of aliphatic hydroxyl groups is 5. The SMILES string of the molecule is CCCCCCCC/C=C\CCCCCCCCCCCC(=O)NC(COC1OC(CO)C(O)C(O)C1O)C(O)CCCCCCCCCCCCCCCCCCCCCCCCC. The quantitative estimate of drug-likeness (QED) is 0.0261. The van der Waals surface area contributed by atoms with Crippen molar-refractivity contribution >= 4 is 5.91 Å². The van der Waals surface area contributed by atoms with Gasteiger partial charge in [0.15, 0.2) is 6.29 Å². The van der Waals surface area contributed by atoms with Crippen LogP contribution in [0.4, 0.5) is 0 Å². The normalized spacial score (nSPS) is 19.9. The predicted molar refractivity (Wildman–Crippen MR) is 272 cm³/mol. The molecule has 0 aromatic heterocycles. The van der Waals surface area contributed by atoms with Gasteiger partial charge in [0.1, 0.15) is 24.4 Å². The molecule has 7 unspecified atom stereocenters. The van der Waals surface area contributed by atoms with Gasteiger partial charge in [-0.1, -0.05) is 251 Å². The van der Waals surface area contributed by atoms with Gasteiger partial charge in [-0.2, -0.15) is 0 Å². The minimum Gasteiger partial charge on any atom is -0.394 e. The van der Waals surface area contributed by atoms with Gasteiger partial charge < -0.3 is 40.3 Å². The fraction of sp³-hybridized carbons (Fsp3) is 0.946. The number of carbonyl (C=O) groups is 1. The number of allylic oxidation sites excluding steroid dienone is 2. The Bertz CT molecular complexity index is 1030. The molecule has 0 radical (unpaired) electrons. The van der Waals surface area contributed by atoms with Crippen molar-refractivity contribution in [2.24, 2.45) is 0 Å². The highest BCUT2D eigenvalue weighted by molar-refractivity contribution is 5.76. The Morgan fingerprint density at radius 3 is 1.25 bits per heavy atom. The van der Waals surface area contributed by atoms with Gasteiger partial charge in [0.05, 0.1) is 25.4 Å². The molecule has 1 heterocycles. The van der Waals surface area contributed by atoms with Crippen LogP contribution in [0.25, 0.3) is 0 Å². The average Bonchev–Trinajstić information content (AvgIpc) is 3.31. The zero-order valence-electron chi connectivity index (χ0n) is 42.8. The minimum absolute atomic E-state index is 0.134. The molecule has 1 rings (SSSR count). The van der Waals surface area contributed by atoms with Crippen LogP contribution in [0.5, 0.6) is 0 Å². The molecule has 0 aromatic carbocycles. The number of amides is 1. The van der Waals surface area contributed by atoms with E-state index in [2.05, 4.69) is 31.3 Å². The van der Waals surface area contributed by atoms with Gasteiger partial charge >= 0.3 is 0 Å². The molecular weight excluding hydrogens is 815 g/mol. The highest BCUT2D eigenvalue weighted by Gasteiger charge is 2.44. The number of carbonyl (C=O) groups excluding carboxylic acids is 1. The minimum atomic E-state index is -1.55. The third-order valence-corrected chi connectivity index (χ3v) is 13.9. The summed E-state index contributed by atoms with van der Waals surface area (Å²) in [6.45, 7) is 3.87. The summed E-state index contributed by atoms with van der Waals surface area (Å²) in [6, 6.07) is -0.717. The third-order valence-electron chi connectivity index (χ3n) is 13.9. The van der Waals surface area contributed by atoms with Gasteiger partial charge in [0.25, 0.3) is 0 Å².